The van der Waals surface area contributed by atoms with Gasteiger partial charge in [-0.3, -0.25) is 0 Å². The van der Waals surface area contributed by atoms with Gasteiger partial charge in [-0.15, -0.1) is 11.3 Å². The quantitative estimate of drug-likeness (QED) is 0.865. The predicted molar refractivity (Wildman–Crippen MR) is 69.5 cm³/mol. The van der Waals surface area contributed by atoms with Crippen LogP contribution in [0.25, 0.3) is 0 Å². The molecule has 4 heteroatoms. The second-order valence-electron chi connectivity index (χ2n) is 3.35. The maximum absolute atomic E-state index is 5.52. The van der Waals surface area contributed by atoms with Crippen LogP contribution < -0.4 is 5.32 Å². The number of hydrogen-bond donors (Lipinski definition) is 1. The molecular weight excluding hydrogens is 274 g/mol. The topological polar surface area (TPSA) is 21.3 Å². The summed E-state index contributed by atoms with van der Waals surface area (Å²) in [6.45, 7) is 5.23. The molecule has 0 radical (unpaired) electrons. The first-order chi connectivity index (χ1) is 7.24. The Hall–Kier alpha value is 0.1000. The van der Waals surface area contributed by atoms with Gasteiger partial charge in [-0.05, 0) is 40.3 Å². The average Bonchev–Trinajstić information content (AvgIpc) is 2.65. The molecule has 1 aromatic rings. The van der Waals surface area contributed by atoms with E-state index >= 15 is 0 Å². The number of likely N-dealkylation sites (N-methyl/N-ethyl adjacent to an activating group) is 1. The molecule has 0 fully saturated rings. The van der Waals surface area contributed by atoms with Crippen LogP contribution in [0.1, 0.15) is 31.2 Å². The van der Waals surface area contributed by atoms with E-state index in [9.17, 15) is 0 Å². The third-order valence-electron chi connectivity index (χ3n) is 2.43. The Kier molecular flexibility index (Phi) is 5.82. The molecule has 1 heterocycles. The molecule has 1 rings (SSSR count). The van der Waals surface area contributed by atoms with Gasteiger partial charge in [0.25, 0.3) is 0 Å². The van der Waals surface area contributed by atoms with E-state index in [1.807, 2.05) is 0 Å². The molecule has 0 saturated heterocycles. The largest absolute Gasteiger partial charge is 0.379 e. The Morgan fingerprint density at radius 2 is 2.27 bits per heavy atom. The standard InChI is InChI=1S/C11H18BrNOS/c1-4-9(14-3)10(13-5-2)11-8(12)6-7-15-11/h6-7,9-10,13H,4-5H2,1-3H3. The van der Waals surface area contributed by atoms with Crippen LogP contribution in [0.4, 0.5) is 0 Å². The van der Waals surface area contributed by atoms with Crippen LogP contribution in [-0.4, -0.2) is 19.8 Å². The molecule has 0 aromatic carbocycles. The normalized spacial score (nSPS) is 15.2. The predicted octanol–water partition coefficient (Wildman–Crippen LogP) is 3.59. The second-order valence-corrected chi connectivity index (χ2v) is 5.15. The maximum Gasteiger partial charge on any atom is 0.0771 e. The van der Waals surface area contributed by atoms with Crippen molar-refractivity contribution in [2.24, 2.45) is 0 Å². The fourth-order valence-corrected chi connectivity index (χ4v) is 3.43. The van der Waals surface area contributed by atoms with Gasteiger partial charge < -0.3 is 10.1 Å². The molecule has 1 aromatic heterocycles. The van der Waals surface area contributed by atoms with Crippen LogP contribution in [-0.2, 0) is 4.74 Å². The first kappa shape index (κ1) is 13.2. The highest BCUT2D eigenvalue weighted by molar-refractivity contribution is 9.10. The molecule has 0 saturated carbocycles. The SMILES string of the molecule is CCNC(c1sccc1Br)C(CC)OC. The molecule has 2 nitrogen and oxygen atoms in total. The van der Waals surface area contributed by atoms with Gasteiger partial charge in [0.2, 0.25) is 0 Å². The Balaban J connectivity index is 2.86. The van der Waals surface area contributed by atoms with Gasteiger partial charge in [0.1, 0.15) is 0 Å². The number of ether oxygens (including phenoxy) is 1. The van der Waals surface area contributed by atoms with Crippen LogP contribution in [0.3, 0.4) is 0 Å². The van der Waals surface area contributed by atoms with Crippen molar-refractivity contribution in [3.63, 3.8) is 0 Å². The summed E-state index contributed by atoms with van der Waals surface area (Å²) in [6, 6.07) is 2.38. The lowest BCUT2D eigenvalue weighted by Gasteiger charge is -2.25. The molecular formula is C11H18BrNOS. The van der Waals surface area contributed by atoms with Crippen LogP contribution in [0, 0.1) is 0 Å². The third-order valence-corrected chi connectivity index (χ3v) is 4.38. The van der Waals surface area contributed by atoms with E-state index in [2.05, 4.69) is 46.5 Å². The van der Waals surface area contributed by atoms with Gasteiger partial charge in [0.15, 0.2) is 0 Å². The number of rotatable bonds is 6. The summed E-state index contributed by atoms with van der Waals surface area (Å²) in [4.78, 5) is 1.32. The van der Waals surface area contributed by atoms with Crippen molar-refractivity contribution in [3.8, 4) is 0 Å². The zero-order valence-corrected chi connectivity index (χ0v) is 11.8. The summed E-state index contributed by atoms with van der Waals surface area (Å²) in [5, 5.41) is 5.59. The molecule has 86 valence electrons. The Morgan fingerprint density at radius 1 is 1.53 bits per heavy atom. The molecule has 15 heavy (non-hydrogen) atoms. The van der Waals surface area contributed by atoms with Gasteiger partial charge in [-0.25, -0.2) is 0 Å². The van der Waals surface area contributed by atoms with E-state index in [0.717, 1.165) is 13.0 Å². The zero-order valence-electron chi connectivity index (χ0n) is 9.42. The maximum atomic E-state index is 5.52. The van der Waals surface area contributed by atoms with E-state index in [0.29, 0.717) is 6.04 Å². The summed E-state index contributed by atoms with van der Waals surface area (Å²) in [5.74, 6) is 0. The van der Waals surface area contributed by atoms with Crippen molar-refractivity contribution in [2.75, 3.05) is 13.7 Å². The fourth-order valence-electron chi connectivity index (χ4n) is 1.68. The van der Waals surface area contributed by atoms with Crippen molar-refractivity contribution < 1.29 is 4.74 Å². The minimum absolute atomic E-state index is 0.236. The fraction of sp³-hybridized carbons (Fsp3) is 0.636. The van der Waals surface area contributed by atoms with Crippen molar-refractivity contribution >= 4 is 27.3 Å². The molecule has 2 unspecified atom stereocenters. The van der Waals surface area contributed by atoms with Crippen molar-refractivity contribution in [2.45, 2.75) is 32.4 Å². The third kappa shape index (κ3) is 3.28. The van der Waals surface area contributed by atoms with Crippen molar-refractivity contribution in [1.29, 1.82) is 0 Å². The van der Waals surface area contributed by atoms with Gasteiger partial charge in [0.05, 0.1) is 12.1 Å². The minimum atomic E-state index is 0.236. The lowest BCUT2D eigenvalue weighted by atomic mass is 10.1. The van der Waals surface area contributed by atoms with E-state index in [1.165, 1.54) is 9.35 Å². The molecule has 1 N–H and O–H groups in total. The van der Waals surface area contributed by atoms with Gasteiger partial charge in [-0.2, -0.15) is 0 Å². The minimum Gasteiger partial charge on any atom is -0.379 e. The highest BCUT2D eigenvalue weighted by Crippen LogP contribution is 2.32. The molecule has 0 bridgehead atoms. The summed E-state index contributed by atoms with van der Waals surface area (Å²) < 4.78 is 6.69. The molecule has 0 aliphatic carbocycles. The van der Waals surface area contributed by atoms with Crippen LogP contribution in [0.5, 0.6) is 0 Å². The van der Waals surface area contributed by atoms with Crippen LogP contribution in [0.2, 0.25) is 0 Å². The molecule has 0 spiro atoms. The number of halogens is 1. The number of thiophene rings is 1. The smallest absolute Gasteiger partial charge is 0.0771 e. The van der Waals surface area contributed by atoms with Crippen molar-refractivity contribution in [3.05, 3.63) is 20.8 Å². The molecule has 0 amide bonds. The van der Waals surface area contributed by atoms with Gasteiger partial charge in [-0.1, -0.05) is 13.8 Å². The number of hydrogen-bond acceptors (Lipinski definition) is 3. The average molecular weight is 292 g/mol. The first-order valence-electron chi connectivity index (χ1n) is 5.23. The van der Waals surface area contributed by atoms with E-state index in [4.69, 9.17) is 4.74 Å². The first-order valence-corrected chi connectivity index (χ1v) is 6.90. The lowest BCUT2D eigenvalue weighted by molar-refractivity contribution is 0.0665. The molecule has 0 aliphatic heterocycles. The molecule has 2 atom stereocenters. The second kappa shape index (κ2) is 6.63. The van der Waals surface area contributed by atoms with E-state index in [1.54, 1.807) is 18.4 Å². The Labute approximate surface area is 104 Å². The van der Waals surface area contributed by atoms with E-state index < -0.39 is 0 Å². The highest BCUT2D eigenvalue weighted by Gasteiger charge is 2.23. The van der Waals surface area contributed by atoms with Gasteiger partial charge >= 0.3 is 0 Å². The summed E-state index contributed by atoms with van der Waals surface area (Å²) in [7, 11) is 1.78. The zero-order chi connectivity index (χ0) is 11.3. The number of methoxy groups -OCH3 is 1. The van der Waals surface area contributed by atoms with Crippen molar-refractivity contribution in [1.82, 2.24) is 5.32 Å². The summed E-state index contributed by atoms with van der Waals surface area (Å²) >= 11 is 5.35. The molecule has 0 aliphatic rings. The lowest BCUT2D eigenvalue weighted by Crippen LogP contribution is -2.32. The van der Waals surface area contributed by atoms with E-state index in [-0.39, 0.29) is 6.10 Å². The highest BCUT2D eigenvalue weighted by atomic mass is 79.9. The number of nitrogens with one attached hydrogen (secondary N) is 1. The summed E-state index contributed by atoms with van der Waals surface area (Å²) in [5.41, 5.74) is 0. The van der Waals surface area contributed by atoms with Crippen LogP contribution >= 0.6 is 27.3 Å². The Morgan fingerprint density at radius 3 is 2.67 bits per heavy atom. The van der Waals surface area contributed by atoms with Crippen LogP contribution in [0.15, 0.2) is 15.9 Å². The monoisotopic (exact) mass is 291 g/mol. The van der Waals surface area contributed by atoms with Gasteiger partial charge in [0, 0.05) is 16.5 Å². The Bertz CT molecular complexity index is 286. The summed E-state index contributed by atoms with van der Waals surface area (Å²) in [6.07, 6.45) is 1.25.